The molecule has 21 heavy (non-hydrogen) atoms. The monoisotopic (exact) mass is 359 g/mol. The average Bonchev–Trinajstić information content (AvgIpc) is 2.73. The number of alkyl halides is 2. The Kier molecular flexibility index (Phi) is 3.44. The average molecular weight is 360 g/mol. The van der Waals surface area contributed by atoms with E-state index in [9.17, 15) is 13.2 Å². The van der Waals surface area contributed by atoms with E-state index in [1.54, 1.807) is 18.2 Å². The first-order valence-electron chi connectivity index (χ1n) is 6.01. The first-order valence-corrected chi connectivity index (χ1v) is 6.80. The molecule has 1 aliphatic rings. The van der Waals surface area contributed by atoms with Crippen LogP contribution in [-0.2, 0) is 6.54 Å². The van der Waals surface area contributed by atoms with E-state index in [0.29, 0.717) is 16.7 Å². The number of anilines is 1. The van der Waals surface area contributed by atoms with Crippen molar-refractivity contribution in [3.63, 3.8) is 0 Å². The summed E-state index contributed by atoms with van der Waals surface area (Å²) in [4.78, 5) is 0. The van der Waals surface area contributed by atoms with Gasteiger partial charge in [0.25, 0.3) is 0 Å². The number of halogens is 4. The molecule has 110 valence electrons. The number of fused-ring (bicyclic) bond motifs is 1. The second kappa shape index (κ2) is 5.14. The number of rotatable bonds is 3. The zero-order chi connectivity index (χ0) is 15.0. The maximum Gasteiger partial charge on any atom is 0.586 e. The molecule has 0 aliphatic carbocycles. The van der Waals surface area contributed by atoms with Crippen molar-refractivity contribution in [3.8, 4) is 11.5 Å². The third kappa shape index (κ3) is 3.07. The Morgan fingerprint density at radius 3 is 2.57 bits per heavy atom. The Balaban J connectivity index is 1.71. The van der Waals surface area contributed by atoms with Gasteiger partial charge in [-0.2, -0.15) is 0 Å². The van der Waals surface area contributed by atoms with Crippen LogP contribution in [0, 0.1) is 5.82 Å². The van der Waals surface area contributed by atoms with Crippen molar-refractivity contribution in [2.75, 3.05) is 5.32 Å². The van der Waals surface area contributed by atoms with Gasteiger partial charge in [-0.1, -0.05) is 6.07 Å². The van der Waals surface area contributed by atoms with E-state index >= 15 is 0 Å². The fraction of sp³-hybridized carbons (Fsp3) is 0.143. The summed E-state index contributed by atoms with van der Waals surface area (Å²) in [6.07, 6.45) is -3.62. The fourth-order valence-corrected chi connectivity index (χ4v) is 2.34. The van der Waals surface area contributed by atoms with Gasteiger partial charge in [-0.3, -0.25) is 0 Å². The third-order valence-electron chi connectivity index (χ3n) is 2.88. The Labute approximate surface area is 126 Å². The summed E-state index contributed by atoms with van der Waals surface area (Å²) in [6, 6.07) is 9.05. The number of hydrogen-bond donors (Lipinski definition) is 1. The summed E-state index contributed by atoms with van der Waals surface area (Å²) in [5, 5.41) is 3.04. The van der Waals surface area contributed by atoms with Gasteiger partial charge in [0.1, 0.15) is 5.82 Å². The van der Waals surface area contributed by atoms with Crippen LogP contribution >= 0.6 is 15.9 Å². The highest BCUT2D eigenvalue weighted by atomic mass is 79.9. The van der Waals surface area contributed by atoms with Crippen LogP contribution in [0.3, 0.4) is 0 Å². The molecule has 3 nitrogen and oxygen atoms in total. The van der Waals surface area contributed by atoms with Crippen molar-refractivity contribution < 1.29 is 22.6 Å². The number of nitrogens with one attached hydrogen (secondary N) is 1. The second-order valence-corrected chi connectivity index (χ2v) is 5.29. The van der Waals surface area contributed by atoms with Crippen LogP contribution in [0.2, 0.25) is 0 Å². The highest BCUT2D eigenvalue weighted by Gasteiger charge is 2.43. The summed E-state index contributed by atoms with van der Waals surface area (Å²) in [7, 11) is 0. The molecule has 0 saturated carbocycles. The van der Waals surface area contributed by atoms with Crippen molar-refractivity contribution in [2.45, 2.75) is 12.8 Å². The molecule has 0 fully saturated rings. The molecule has 0 atom stereocenters. The van der Waals surface area contributed by atoms with Gasteiger partial charge in [-0.25, -0.2) is 4.39 Å². The van der Waals surface area contributed by atoms with E-state index in [0.717, 1.165) is 5.56 Å². The standard InChI is InChI=1S/C14H9BrF3NO2/c15-10-5-8(1-3-11(10)16)7-19-9-2-4-12-13(6-9)21-14(17,18)20-12/h1-6,19H,7H2. The molecule has 1 N–H and O–H groups in total. The summed E-state index contributed by atoms with van der Waals surface area (Å²) >= 11 is 3.10. The van der Waals surface area contributed by atoms with E-state index in [-0.39, 0.29) is 17.3 Å². The van der Waals surface area contributed by atoms with Gasteiger partial charge in [0.2, 0.25) is 0 Å². The van der Waals surface area contributed by atoms with Gasteiger partial charge < -0.3 is 14.8 Å². The van der Waals surface area contributed by atoms with E-state index in [1.165, 1.54) is 18.2 Å². The molecule has 0 amide bonds. The lowest BCUT2D eigenvalue weighted by atomic mass is 10.2. The second-order valence-electron chi connectivity index (χ2n) is 4.43. The molecule has 1 aliphatic heterocycles. The molecule has 7 heteroatoms. The van der Waals surface area contributed by atoms with Crippen LogP contribution in [0.15, 0.2) is 40.9 Å². The van der Waals surface area contributed by atoms with Crippen molar-refractivity contribution >= 4 is 21.6 Å². The number of ether oxygens (including phenoxy) is 2. The first-order chi connectivity index (χ1) is 9.93. The lowest BCUT2D eigenvalue weighted by Gasteiger charge is -2.08. The molecule has 0 radical (unpaired) electrons. The smallest absolute Gasteiger partial charge is 0.395 e. The molecule has 0 spiro atoms. The third-order valence-corrected chi connectivity index (χ3v) is 3.49. The van der Waals surface area contributed by atoms with Crippen LogP contribution in [-0.4, -0.2) is 6.29 Å². The molecule has 2 aromatic carbocycles. The zero-order valence-electron chi connectivity index (χ0n) is 10.5. The quantitative estimate of drug-likeness (QED) is 0.873. The van der Waals surface area contributed by atoms with Gasteiger partial charge in [0, 0.05) is 18.3 Å². The largest absolute Gasteiger partial charge is 0.586 e. The predicted octanol–water partition coefficient (Wildman–Crippen LogP) is 4.52. The minimum absolute atomic E-state index is 0.00456. The Bertz CT molecular complexity index is 694. The molecule has 3 rings (SSSR count). The Morgan fingerprint density at radius 1 is 1.05 bits per heavy atom. The maximum atomic E-state index is 13.1. The van der Waals surface area contributed by atoms with Crippen LogP contribution < -0.4 is 14.8 Å². The van der Waals surface area contributed by atoms with Crippen LogP contribution in [0.4, 0.5) is 18.9 Å². The molecular weight excluding hydrogens is 351 g/mol. The summed E-state index contributed by atoms with van der Waals surface area (Å²) in [5.74, 6) is -0.371. The van der Waals surface area contributed by atoms with Crippen LogP contribution in [0.25, 0.3) is 0 Å². The lowest BCUT2D eigenvalue weighted by Crippen LogP contribution is -2.25. The van der Waals surface area contributed by atoms with Crippen molar-refractivity contribution in [3.05, 3.63) is 52.3 Å². The molecule has 0 aromatic heterocycles. The normalized spacial score (nSPS) is 15.0. The minimum atomic E-state index is -3.62. The van der Waals surface area contributed by atoms with E-state index in [4.69, 9.17) is 0 Å². The molecular formula is C14H9BrF3NO2. The Hall–Kier alpha value is -1.89. The zero-order valence-corrected chi connectivity index (χ0v) is 12.1. The molecule has 0 unspecified atom stereocenters. The highest BCUT2D eigenvalue weighted by Crippen LogP contribution is 2.42. The van der Waals surface area contributed by atoms with Gasteiger partial charge in [0.15, 0.2) is 11.5 Å². The van der Waals surface area contributed by atoms with Crippen LogP contribution in [0.5, 0.6) is 11.5 Å². The topological polar surface area (TPSA) is 30.5 Å². The van der Waals surface area contributed by atoms with Crippen molar-refractivity contribution in [1.82, 2.24) is 0 Å². The van der Waals surface area contributed by atoms with E-state index in [2.05, 4.69) is 30.7 Å². The molecule has 1 heterocycles. The molecule has 0 bridgehead atoms. The van der Waals surface area contributed by atoms with Crippen molar-refractivity contribution in [2.24, 2.45) is 0 Å². The number of benzene rings is 2. The summed E-state index contributed by atoms with van der Waals surface area (Å²) < 4.78 is 48.0. The minimum Gasteiger partial charge on any atom is -0.395 e. The van der Waals surface area contributed by atoms with Gasteiger partial charge in [0.05, 0.1) is 4.47 Å². The maximum absolute atomic E-state index is 13.1. The molecule has 2 aromatic rings. The fourth-order valence-electron chi connectivity index (χ4n) is 1.91. The van der Waals surface area contributed by atoms with Gasteiger partial charge in [-0.15, -0.1) is 8.78 Å². The van der Waals surface area contributed by atoms with Crippen molar-refractivity contribution in [1.29, 1.82) is 0 Å². The Morgan fingerprint density at radius 2 is 1.81 bits per heavy atom. The van der Waals surface area contributed by atoms with E-state index in [1.807, 2.05) is 0 Å². The highest BCUT2D eigenvalue weighted by molar-refractivity contribution is 9.10. The predicted molar refractivity (Wildman–Crippen MR) is 74.1 cm³/mol. The summed E-state index contributed by atoms with van der Waals surface area (Å²) in [6.45, 7) is 0.412. The summed E-state index contributed by atoms with van der Waals surface area (Å²) in [5.41, 5.74) is 1.43. The lowest BCUT2D eigenvalue weighted by molar-refractivity contribution is -0.286. The van der Waals surface area contributed by atoms with Crippen LogP contribution in [0.1, 0.15) is 5.56 Å². The number of hydrogen-bond acceptors (Lipinski definition) is 3. The first kappa shape index (κ1) is 14.1. The molecule has 0 saturated heterocycles. The van der Waals surface area contributed by atoms with Gasteiger partial charge in [-0.05, 0) is 45.8 Å². The SMILES string of the molecule is Fc1ccc(CNc2ccc3c(c2)OC(F)(F)O3)cc1Br. The van der Waals surface area contributed by atoms with Gasteiger partial charge >= 0.3 is 6.29 Å². The van der Waals surface area contributed by atoms with E-state index < -0.39 is 6.29 Å².